The van der Waals surface area contributed by atoms with Crippen LogP contribution in [0.2, 0.25) is 0 Å². The van der Waals surface area contributed by atoms with Crippen LogP contribution in [0, 0.1) is 11.8 Å². The molecule has 0 aliphatic heterocycles. The fraction of sp³-hybridized carbons (Fsp3) is 0.786. The lowest BCUT2D eigenvalue weighted by molar-refractivity contribution is 0.230. The van der Waals surface area contributed by atoms with Gasteiger partial charge in [0.15, 0.2) is 0 Å². The Balaban J connectivity index is 1.90. The third kappa shape index (κ3) is 2.89. The molecule has 1 atom stereocenters. The minimum absolute atomic E-state index is 0.171. The molecule has 17 heavy (non-hydrogen) atoms. The maximum Gasteiger partial charge on any atom is 0.0550 e. The van der Waals surface area contributed by atoms with Gasteiger partial charge in [-0.15, -0.1) is 0 Å². The quantitative estimate of drug-likeness (QED) is 0.871. The van der Waals surface area contributed by atoms with Gasteiger partial charge >= 0.3 is 0 Å². The van der Waals surface area contributed by atoms with Crippen molar-refractivity contribution in [3.63, 3.8) is 0 Å². The summed E-state index contributed by atoms with van der Waals surface area (Å²) in [6, 6.07) is 2.23. The van der Waals surface area contributed by atoms with Crippen LogP contribution in [-0.2, 0) is 7.05 Å². The Hall–Kier alpha value is -0.830. The van der Waals surface area contributed by atoms with E-state index in [1.165, 1.54) is 44.2 Å². The Morgan fingerprint density at radius 3 is 2.65 bits per heavy atom. The zero-order chi connectivity index (χ0) is 12.3. The highest BCUT2D eigenvalue weighted by atomic mass is 15.3. The molecule has 2 rings (SSSR count). The van der Waals surface area contributed by atoms with Gasteiger partial charge in [-0.1, -0.05) is 32.6 Å². The molecule has 1 aromatic heterocycles. The van der Waals surface area contributed by atoms with Crippen molar-refractivity contribution in [1.82, 2.24) is 9.78 Å². The molecule has 0 amide bonds. The number of hydrogen-bond acceptors (Lipinski definition) is 2. The second-order valence-corrected chi connectivity index (χ2v) is 5.47. The van der Waals surface area contributed by atoms with Crippen LogP contribution in [-0.4, -0.2) is 9.78 Å². The summed E-state index contributed by atoms with van der Waals surface area (Å²) in [6.45, 7) is 2.29. The number of hydrogen-bond donors (Lipinski definition) is 1. The molecule has 1 fully saturated rings. The van der Waals surface area contributed by atoms with Gasteiger partial charge in [0.2, 0.25) is 0 Å². The van der Waals surface area contributed by atoms with Crippen LogP contribution in [0.3, 0.4) is 0 Å². The predicted octanol–water partition coefficient (Wildman–Crippen LogP) is 3.03. The molecule has 1 saturated carbocycles. The number of aryl methyl sites for hydroxylation is 1. The molecule has 0 saturated heterocycles. The van der Waals surface area contributed by atoms with E-state index in [-0.39, 0.29) is 6.04 Å². The van der Waals surface area contributed by atoms with Crippen LogP contribution in [0.4, 0.5) is 0 Å². The van der Waals surface area contributed by atoms with E-state index in [0.717, 1.165) is 5.92 Å². The van der Waals surface area contributed by atoms with E-state index >= 15 is 0 Å². The Morgan fingerprint density at radius 1 is 1.41 bits per heavy atom. The van der Waals surface area contributed by atoms with Gasteiger partial charge < -0.3 is 5.73 Å². The second-order valence-electron chi connectivity index (χ2n) is 5.47. The van der Waals surface area contributed by atoms with Gasteiger partial charge in [0.25, 0.3) is 0 Å². The average molecular weight is 235 g/mol. The maximum atomic E-state index is 6.37. The molecule has 3 heteroatoms. The van der Waals surface area contributed by atoms with Crippen molar-refractivity contribution in [1.29, 1.82) is 0 Å². The highest BCUT2D eigenvalue weighted by Crippen LogP contribution is 2.37. The van der Waals surface area contributed by atoms with E-state index in [9.17, 15) is 0 Å². The van der Waals surface area contributed by atoms with Crippen molar-refractivity contribution in [3.05, 3.63) is 18.0 Å². The third-order valence-corrected chi connectivity index (χ3v) is 4.30. The van der Waals surface area contributed by atoms with E-state index in [1.54, 1.807) is 0 Å². The summed E-state index contributed by atoms with van der Waals surface area (Å²) < 4.78 is 1.92. The van der Waals surface area contributed by atoms with Gasteiger partial charge in [0, 0.05) is 19.3 Å². The normalized spacial score (nSPS) is 27.0. The average Bonchev–Trinajstić information content (AvgIpc) is 2.76. The summed E-state index contributed by atoms with van der Waals surface area (Å²) in [7, 11) is 1.98. The van der Waals surface area contributed by atoms with Crippen LogP contribution in [0.15, 0.2) is 12.3 Å². The molecule has 1 aliphatic carbocycles. The van der Waals surface area contributed by atoms with Gasteiger partial charge in [-0.25, -0.2) is 0 Å². The Kier molecular flexibility index (Phi) is 4.21. The molecule has 1 heterocycles. The van der Waals surface area contributed by atoms with E-state index in [4.69, 9.17) is 5.73 Å². The van der Waals surface area contributed by atoms with Crippen molar-refractivity contribution in [2.24, 2.45) is 24.6 Å². The monoisotopic (exact) mass is 235 g/mol. The highest BCUT2D eigenvalue weighted by molar-refractivity contribution is 5.07. The lowest BCUT2D eigenvalue weighted by Gasteiger charge is -2.32. The van der Waals surface area contributed by atoms with Gasteiger partial charge in [0.05, 0.1) is 5.69 Å². The molecule has 0 aromatic carbocycles. The summed E-state index contributed by atoms with van der Waals surface area (Å²) in [4.78, 5) is 0. The molecule has 3 nitrogen and oxygen atoms in total. The first-order valence-electron chi connectivity index (χ1n) is 6.95. The Labute approximate surface area is 104 Å². The van der Waals surface area contributed by atoms with Crippen LogP contribution in [0.25, 0.3) is 0 Å². The zero-order valence-corrected chi connectivity index (χ0v) is 11.1. The van der Waals surface area contributed by atoms with Crippen molar-refractivity contribution in [3.8, 4) is 0 Å². The lowest BCUT2D eigenvalue weighted by atomic mass is 9.76. The van der Waals surface area contributed by atoms with Crippen molar-refractivity contribution < 1.29 is 0 Å². The summed E-state index contributed by atoms with van der Waals surface area (Å²) in [5, 5.41) is 4.21. The molecule has 0 bridgehead atoms. The standard InChI is InChI=1S/C14H25N3/c1-3-4-11-5-7-12(8-6-11)14(15)13-9-10-16-17(13)2/h9-12,14H,3-8,15H2,1-2H3. The molecule has 1 unspecified atom stereocenters. The van der Waals surface area contributed by atoms with E-state index in [2.05, 4.69) is 18.1 Å². The van der Waals surface area contributed by atoms with Crippen LogP contribution >= 0.6 is 0 Å². The predicted molar refractivity (Wildman–Crippen MR) is 70.5 cm³/mol. The highest BCUT2D eigenvalue weighted by Gasteiger charge is 2.27. The fourth-order valence-electron chi connectivity index (χ4n) is 3.20. The smallest absolute Gasteiger partial charge is 0.0550 e. The van der Waals surface area contributed by atoms with E-state index in [1.807, 2.05) is 17.9 Å². The number of nitrogens with zero attached hydrogens (tertiary/aromatic N) is 2. The molecule has 1 aromatic rings. The summed E-state index contributed by atoms with van der Waals surface area (Å²) in [6.07, 6.45) is 9.87. The van der Waals surface area contributed by atoms with Crippen molar-refractivity contribution >= 4 is 0 Å². The summed E-state index contributed by atoms with van der Waals surface area (Å²) in [5.74, 6) is 1.61. The first-order valence-corrected chi connectivity index (χ1v) is 6.95. The molecular formula is C14H25N3. The zero-order valence-electron chi connectivity index (χ0n) is 11.1. The summed E-state index contributed by atoms with van der Waals surface area (Å²) >= 11 is 0. The fourth-order valence-corrected chi connectivity index (χ4v) is 3.20. The maximum absolute atomic E-state index is 6.37. The van der Waals surface area contributed by atoms with Gasteiger partial charge in [-0.2, -0.15) is 5.10 Å². The molecule has 0 radical (unpaired) electrons. The molecule has 1 aliphatic rings. The van der Waals surface area contributed by atoms with E-state index in [0.29, 0.717) is 5.92 Å². The van der Waals surface area contributed by atoms with Crippen LogP contribution < -0.4 is 5.73 Å². The molecule has 0 spiro atoms. The number of rotatable bonds is 4. The van der Waals surface area contributed by atoms with Gasteiger partial charge in [0.1, 0.15) is 0 Å². The topological polar surface area (TPSA) is 43.8 Å². The second kappa shape index (κ2) is 5.67. The summed E-state index contributed by atoms with van der Waals surface area (Å²) in [5.41, 5.74) is 7.56. The Morgan fingerprint density at radius 2 is 2.12 bits per heavy atom. The minimum Gasteiger partial charge on any atom is -0.322 e. The SMILES string of the molecule is CCCC1CCC(C(N)c2ccnn2C)CC1. The third-order valence-electron chi connectivity index (χ3n) is 4.30. The molecule has 2 N–H and O–H groups in total. The van der Waals surface area contributed by atoms with Crippen molar-refractivity contribution in [2.45, 2.75) is 51.5 Å². The lowest BCUT2D eigenvalue weighted by Crippen LogP contribution is -2.27. The van der Waals surface area contributed by atoms with E-state index < -0.39 is 0 Å². The van der Waals surface area contributed by atoms with Crippen LogP contribution in [0.5, 0.6) is 0 Å². The Bertz CT molecular complexity index is 337. The minimum atomic E-state index is 0.171. The molecule has 96 valence electrons. The van der Waals surface area contributed by atoms with Gasteiger partial charge in [-0.05, 0) is 30.7 Å². The number of aromatic nitrogens is 2. The number of nitrogens with two attached hydrogens (primary N) is 1. The van der Waals surface area contributed by atoms with Crippen molar-refractivity contribution in [2.75, 3.05) is 0 Å². The largest absolute Gasteiger partial charge is 0.322 e. The van der Waals surface area contributed by atoms with Crippen LogP contribution in [0.1, 0.15) is 57.2 Å². The first-order chi connectivity index (χ1) is 8.22. The molecular weight excluding hydrogens is 210 g/mol. The first kappa shape index (κ1) is 12.6. The van der Waals surface area contributed by atoms with Gasteiger partial charge in [-0.3, -0.25) is 4.68 Å².